The zero-order valence-corrected chi connectivity index (χ0v) is 5.28. The number of nitrogens with two attached hydrogens (primary N) is 1. The van der Waals surface area contributed by atoms with Gasteiger partial charge in [0.1, 0.15) is 0 Å². The smallest absolute Gasteiger partial charge is 0.305 e. The van der Waals surface area contributed by atoms with Crippen molar-refractivity contribution in [3.8, 4) is 0 Å². The Labute approximate surface area is 60.0 Å². The Morgan fingerprint density at radius 3 is 3.09 bits per heavy atom. The number of halogens is 1. The molecule has 0 bridgehead atoms. The molecule has 58 valence electrons. The Kier molecular flexibility index (Phi) is 1.90. The number of aromatic amines is 1. The molecule has 0 aliphatic carbocycles. The summed E-state index contributed by atoms with van der Waals surface area (Å²) >= 11 is 0. The molecule has 0 radical (unpaired) electrons. The van der Waals surface area contributed by atoms with Gasteiger partial charge in [-0.25, -0.2) is 9.18 Å². The maximum atomic E-state index is 12.5. The van der Waals surface area contributed by atoms with Crippen LogP contribution in [0.2, 0.25) is 0 Å². The summed E-state index contributed by atoms with van der Waals surface area (Å²) in [5, 5.41) is 5.89. The summed E-state index contributed by atoms with van der Waals surface area (Å²) in [4.78, 5) is 15.5. The summed E-state index contributed by atoms with van der Waals surface area (Å²) in [5.41, 5.74) is -0.700. The highest BCUT2D eigenvalue weighted by molar-refractivity contribution is 5.23. The summed E-state index contributed by atoms with van der Waals surface area (Å²) < 4.78 is 12.5. The molecule has 0 spiro atoms. The highest BCUT2D eigenvalue weighted by atomic mass is 19.1. The van der Waals surface area contributed by atoms with Crippen LogP contribution < -0.4 is 11.5 Å². The van der Waals surface area contributed by atoms with E-state index in [1.165, 1.54) is 0 Å². The van der Waals surface area contributed by atoms with Gasteiger partial charge in [-0.15, -0.1) is 5.11 Å². The average molecular weight is 157 g/mol. The molecule has 0 aromatic carbocycles. The first kappa shape index (κ1) is 7.32. The molecule has 1 aromatic heterocycles. The molecule has 0 saturated carbocycles. The van der Waals surface area contributed by atoms with Crippen molar-refractivity contribution < 1.29 is 4.39 Å². The van der Waals surface area contributed by atoms with Gasteiger partial charge < -0.3 is 5.84 Å². The van der Waals surface area contributed by atoms with Crippen LogP contribution in [0.25, 0.3) is 0 Å². The first-order chi connectivity index (χ1) is 5.24. The molecular formula is C4H4FN5O. The summed E-state index contributed by atoms with van der Waals surface area (Å²) in [6, 6.07) is 0. The molecule has 0 aliphatic rings. The van der Waals surface area contributed by atoms with E-state index in [1.807, 2.05) is 4.98 Å². The second kappa shape index (κ2) is 2.86. The second-order valence-corrected chi connectivity index (χ2v) is 1.60. The van der Waals surface area contributed by atoms with E-state index in [2.05, 4.69) is 21.2 Å². The lowest BCUT2D eigenvalue weighted by Crippen LogP contribution is -2.09. The SMILES string of the molecule is NN=Nc1[nH]c(=O)ncc1F. The van der Waals surface area contributed by atoms with Gasteiger partial charge in [0.2, 0.25) is 0 Å². The third-order valence-corrected chi connectivity index (χ3v) is 0.904. The van der Waals surface area contributed by atoms with Gasteiger partial charge in [0.25, 0.3) is 0 Å². The first-order valence-corrected chi connectivity index (χ1v) is 2.60. The Morgan fingerprint density at radius 2 is 2.45 bits per heavy atom. The molecular weight excluding hydrogens is 153 g/mol. The van der Waals surface area contributed by atoms with Gasteiger partial charge in [0, 0.05) is 0 Å². The number of H-pyrrole nitrogens is 1. The van der Waals surface area contributed by atoms with E-state index in [4.69, 9.17) is 0 Å². The third-order valence-electron chi connectivity index (χ3n) is 0.904. The number of rotatable bonds is 1. The molecule has 0 fully saturated rings. The minimum absolute atomic E-state index is 0.326. The molecule has 7 heteroatoms. The molecule has 11 heavy (non-hydrogen) atoms. The van der Waals surface area contributed by atoms with Crippen molar-refractivity contribution in [1.82, 2.24) is 9.97 Å². The van der Waals surface area contributed by atoms with Crippen LogP contribution in [0.15, 0.2) is 21.3 Å². The van der Waals surface area contributed by atoms with Crippen LogP contribution in [0, 0.1) is 5.82 Å². The molecule has 6 nitrogen and oxygen atoms in total. The van der Waals surface area contributed by atoms with Crippen molar-refractivity contribution in [2.75, 3.05) is 0 Å². The number of hydrogen-bond donors (Lipinski definition) is 2. The predicted octanol–water partition coefficient (Wildman–Crippen LogP) is -0.134. The Hall–Kier alpha value is -1.79. The van der Waals surface area contributed by atoms with Gasteiger partial charge in [-0.3, -0.25) is 4.98 Å². The van der Waals surface area contributed by atoms with E-state index < -0.39 is 11.5 Å². The Balaban J connectivity index is 3.23. The van der Waals surface area contributed by atoms with Gasteiger partial charge in [-0.2, -0.15) is 4.98 Å². The molecule has 3 N–H and O–H groups in total. The molecule has 0 unspecified atom stereocenters. The maximum absolute atomic E-state index is 12.5. The zero-order chi connectivity index (χ0) is 8.27. The largest absolute Gasteiger partial charge is 0.346 e. The third kappa shape index (κ3) is 1.57. The van der Waals surface area contributed by atoms with Gasteiger partial charge >= 0.3 is 5.69 Å². The summed E-state index contributed by atoms with van der Waals surface area (Å²) in [6.45, 7) is 0. The van der Waals surface area contributed by atoms with Crippen molar-refractivity contribution in [1.29, 1.82) is 0 Å². The van der Waals surface area contributed by atoms with Crippen molar-refractivity contribution in [2.45, 2.75) is 0 Å². The fraction of sp³-hybridized carbons (Fsp3) is 0. The topological polar surface area (TPSA) is 96.5 Å². The van der Waals surface area contributed by atoms with Gasteiger partial charge in [-0.1, -0.05) is 5.22 Å². The monoisotopic (exact) mass is 157 g/mol. The minimum Gasteiger partial charge on any atom is -0.305 e. The maximum Gasteiger partial charge on any atom is 0.346 e. The Bertz CT molecular complexity index is 331. The quantitative estimate of drug-likeness (QED) is 0.337. The second-order valence-electron chi connectivity index (χ2n) is 1.60. The van der Waals surface area contributed by atoms with Crippen LogP contribution in [0.3, 0.4) is 0 Å². The highest BCUT2D eigenvalue weighted by Crippen LogP contribution is 2.08. The molecule has 1 heterocycles. The first-order valence-electron chi connectivity index (χ1n) is 2.60. The molecule has 0 aliphatic heterocycles. The number of aromatic nitrogens is 2. The average Bonchev–Trinajstić information content (AvgIpc) is 1.98. The van der Waals surface area contributed by atoms with Crippen LogP contribution >= 0.6 is 0 Å². The van der Waals surface area contributed by atoms with E-state index in [0.29, 0.717) is 0 Å². The van der Waals surface area contributed by atoms with Crippen LogP contribution in [-0.2, 0) is 0 Å². The van der Waals surface area contributed by atoms with E-state index in [9.17, 15) is 9.18 Å². The van der Waals surface area contributed by atoms with Crippen molar-refractivity contribution >= 4 is 5.82 Å². The summed E-state index contributed by atoms with van der Waals surface area (Å²) in [7, 11) is 0. The predicted molar refractivity (Wildman–Crippen MR) is 33.5 cm³/mol. The molecule has 0 saturated heterocycles. The van der Waals surface area contributed by atoms with E-state index in [-0.39, 0.29) is 5.82 Å². The number of nitrogens with one attached hydrogen (secondary N) is 1. The summed E-state index contributed by atoms with van der Waals surface area (Å²) in [6.07, 6.45) is 0.739. The lowest BCUT2D eigenvalue weighted by molar-refractivity contribution is 0.610. The minimum atomic E-state index is -0.779. The van der Waals surface area contributed by atoms with Crippen LogP contribution in [0.4, 0.5) is 10.2 Å². The zero-order valence-electron chi connectivity index (χ0n) is 5.28. The van der Waals surface area contributed by atoms with E-state index >= 15 is 0 Å². The lowest BCUT2D eigenvalue weighted by atomic mass is 10.6. The molecule has 1 aromatic rings. The van der Waals surface area contributed by atoms with Crippen LogP contribution in [0.5, 0.6) is 0 Å². The lowest BCUT2D eigenvalue weighted by Gasteiger charge is -1.90. The molecule has 0 atom stereocenters. The van der Waals surface area contributed by atoms with Gasteiger partial charge in [0.15, 0.2) is 11.6 Å². The Morgan fingerprint density at radius 1 is 1.73 bits per heavy atom. The van der Waals surface area contributed by atoms with Crippen LogP contribution in [-0.4, -0.2) is 9.97 Å². The van der Waals surface area contributed by atoms with Gasteiger partial charge in [0.05, 0.1) is 6.20 Å². The van der Waals surface area contributed by atoms with Gasteiger partial charge in [-0.05, 0) is 0 Å². The van der Waals surface area contributed by atoms with Crippen molar-refractivity contribution in [3.63, 3.8) is 0 Å². The van der Waals surface area contributed by atoms with Crippen molar-refractivity contribution in [2.24, 2.45) is 16.2 Å². The fourth-order valence-corrected chi connectivity index (χ4v) is 0.500. The van der Waals surface area contributed by atoms with Crippen molar-refractivity contribution in [3.05, 3.63) is 22.5 Å². The molecule has 1 rings (SSSR count). The highest BCUT2D eigenvalue weighted by Gasteiger charge is 2.00. The molecule has 0 amide bonds. The summed E-state index contributed by atoms with van der Waals surface area (Å²) in [5.74, 6) is 3.52. The van der Waals surface area contributed by atoms with Crippen LogP contribution in [0.1, 0.15) is 0 Å². The van der Waals surface area contributed by atoms with E-state index in [1.54, 1.807) is 0 Å². The van der Waals surface area contributed by atoms with E-state index in [0.717, 1.165) is 6.20 Å². The number of hydrogen-bond acceptors (Lipinski definition) is 4. The fourth-order valence-electron chi connectivity index (χ4n) is 0.500. The normalized spacial score (nSPS) is 10.6. The standard InChI is InChI=1S/C4H4FN5O/c5-2-1-7-4(11)8-3(2)9-10-6/h1H,(H3,6,7,8,9,11). The number of nitrogens with zero attached hydrogens (tertiary/aromatic N) is 3.